The summed E-state index contributed by atoms with van der Waals surface area (Å²) < 4.78 is 0. The largest absolute Gasteiger partial charge is 0.480 e. The van der Waals surface area contributed by atoms with Crippen LogP contribution in [0.3, 0.4) is 0 Å². The standard InChI is InChI=1S/C15H26N2O3S/c1-2-17(12-6-4-3-5-7-12)14(18)10-16-8-9-21-11-13(16)15(19)20/h12-13H,2-11H2,1H3,(H,19,20). The first-order chi connectivity index (χ1) is 10.1. The Bertz CT molecular complexity index is 372. The van der Waals surface area contributed by atoms with Crippen LogP contribution in [0.25, 0.3) is 0 Å². The molecule has 1 heterocycles. The van der Waals surface area contributed by atoms with Gasteiger partial charge in [-0.05, 0) is 19.8 Å². The lowest BCUT2D eigenvalue weighted by Gasteiger charge is -2.37. The van der Waals surface area contributed by atoms with Crippen molar-refractivity contribution in [2.24, 2.45) is 0 Å². The van der Waals surface area contributed by atoms with Gasteiger partial charge in [0, 0.05) is 30.6 Å². The number of thioether (sulfide) groups is 1. The molecule has 6 heteroatoms. The van der Waals surface area contributed by atoms with E-state index in [1.807, 2.05) is 16.7 Å². The molecule has 1 saturated carbocycles. The Hall–Kier alpha value is -0.750. The van der Waals surface area contributed by atoms with E-state index in [1.165, 1.54) is 19.3 Å². The minimum Gasteiger partial charge on any atom is -0.480 e. The van der Waals surface area contributed by atoms with Crippen LogP contribution in [0.15, 0.2) is 0 Å². The van der Waals surface area contributed by atoms with E-state index in [0.717, 1.165) is 25.1 Å². The number of amides is 1. The van der Waals surface area contributed by atoms with E-state index < -0.39 is 12.0 Å². The van der Waals surface area contributed by atoms with Gasteiger partial charge in [0.1, 0.15) is 6.04 Å². The Morgan fingerprint density at radius 2 is 2.00 bits per heavy atom. The molecule has 1 aliphatic heterocycles. The molecule has 0 aromatic carbocycles. The highest BCUT2D eigenvalue weighted by molar-refractivity contribution is 7.99. The summed E-state index contributed by atoms with van der Waals surface area (Å²) in [6.45, 7) is 3.69. The van der Waals surface area contributed by atoms with Gasteiger partial charge in [-0.1, -0.05) is 19.3 Å². The normalized spacial score (nSPS) is 24.7. The van der Waals surface area contributed by atoms with E-state index in [1.54, 1.807) is 11.8 Å². The SMILES string of the molecule is CCN(C(=O)CN1CCSCC1C(=O)O)C1CCCCC1. The van der Waals surface area contributed by atoms with Crippen molar-refractivity contribution in [3.05, 3.63) is 0 Å². The minimum atomic E-state index is -0.810. The maximum absolute atomic E-state index is 12.6. The average Bonchev–Trinajstić information content (AvgIpc) is 2.49. The predicted octanol–water partition coefficient (Wildman–Crippen LogP) is 1.67. The van der Waals surface area contributed by atoms with Gasteiger partial charge in [0.15, 0.2) is 0 Å². The molecule has 2 rings (SSSR count). The summed E-state index contributed by atoms with van der Waals surface area (Å²) in [7, 11) is 0. The van der Waals surface area contributed by atoms with Crippen LogP contribution >= 0.6 is 11.8 Å². The van der Waals surface area contributed by atoms with Crippen molar-refractivity contribution in [2.45, 2.75) is 51.1 Å². The van der Waals surface area contributed by atoms with E-state index >= 15 is 0 Å². The highest BCUT2D eigenvalue weighted by Gasteiger charge is 2.32. The van der Waals surface area contributed by atoms with Gasteiger partial charge in [-0.2, -0.15) is 11.8 Å². The molecule has 1 amide bonds. The second kappa shape index (κ2) is 8.03. The molecule has 0 aromatic heterocycles. The van der Waals surface area contributed by atoms with Crippen LogP contribution in [-0.4, -0.2) is 70.0 Å². The Morgan fingerprint density at radius 1 is 1.29 bits per heavy atom. The van der Waals surface area contributed by atoms with Gasteiger partial charge < -0.3 is 10.0 Å². The minimum absolute atomic E-state index is 0.0996. The Kier molecular flexibility index (Phi) is 6.36. The molecule has 0 aromatic rings. The Labute approximate surface area is 131 Å². The van der Waals surface area contributed by atoms with Crippen LogP contribution < -0.4 is 0 Å². The van der Waals surface area contributed by atoms with Crippen molar-refractivity contribution in [1.82, 2.24) is 9.80 Å². The van der Waals surface area contributed by atoms with Crippen LogP contribution in [0, 0.1) is 0 Å². The predicted molar refractivity (Wildman–Crippen MR) is 84.6 cm³/mol. The molecule has 1 saturated heterocycles. The number of rotatable bonds is 5. The van der Waals surface area contributed by atoms with Gasteiger partial charge in [0.25, 0.3) is 0 Å². The van der Waals surface area contributed by atoms with Crippen molar-refractivity contribution >= 4 is 23.6 Å². The highest BCUT2D eigenvalue weighted by atomic mass is 32.2. The van der Waals surface area contributed by atoms with Crippen molar-refractivity contribution in [3.8, 4) is 0 Å². The lowest BCUT2D eigenvalue weighted by molar-refractivity contribution is -0.144. The van der Waals surface area contributed by atoms with Crippen molar-refractivity contribution in [1.29, 1.82) is 0 Å². The summed E-state index contributed by atoms with van der Waals surface area (Å²) >= 11 is 1.66. The van der Waals surface area contributed by atoms with E-state index in [2.05, 4.69) is 0 Å². The number of nitrogens with zero attached hydrogens (tertiary/aromatic N) is 2. The summed E-state index contributed by atoms with van der Waals surface area (Å²) in [5.41, 5.74) is 0. The molecule has 2 aliphatic rings. The number of aliphatic carboxylic acids is 1. The van der Waals surface area contributed by atoms with Crippen molar-refractivity contribution < 1.29 is 14.7 Å². The van der Waals surface area contributed by atoms with Crippen molar-refractivity contribution in [2.75, 3.05) is 31.1 Å². The number of carbonyl (C=O) groups excluding carboxylic acids is 1. The van der Waals surface area contributed by atoms with Gasteiger partial charge in [0.2, 0.25) is 5.91 Å². The van der Waals surface area contributed by atoms with Crippen LogP contribution in [0.2, 0.25) is 0 Å². The van der Waals surface area contributed by atoms with E-state index in [-0.39, 0.29) is 12.5 Å². The number of likely N-dealkylation sites (N-methyl/N-ethyl adjacent to an activating group) is 1. The maximum atomic E-state index is 12.6. The topological polar surface area (TPSA) is 60.9 Å². The molecule has 0 radical (unpaired) electrons. The molecule has 1 unspecified atom stereocenters. The fraction of sp³-hybridized carbons (Fsp3) is 0.867. The number of carboxylic acids is 1. The fourth-order valence-corrected chi connectivity index (χ4v) is 4.46. The summed E-state index contributed by atoms with van der Waals surface area (Å²) in [5.74, 6) is 0.781. The first-order valence-electron chi connectivity index (χ1n) is 7.97. The van der Waals surface area contributed by atoms with Crippen LogP contribution in [0.5, 0.6) is 0 Å². The monoisotopic (exact) mass is 314 g/mol. The summed E-state index contributed by atoms with van der Waals surface area (Å²) in [6.07, 6.45) is 5.86. The smallest absolute Gasteiger partial charge is 0.321 e. The van der Waals surface area contributed by atoms with Gasteiger partial charge in [-0.3, -0.25) is 14.5 Å². The summed E-state index contributed by atoms with van der Waals surface area (Å²) in [5, 5.41) is 9.29. The van der Waals surface area contributed by atoms with Crippen molar-refractivity contribution in [3.63, 3.8) is 0 Å². The third kappa shape index (κ3) is 4.36. The number of carbonyl (C=O) groups is 2. The zero-order chi connectivity index (χ0) is 15.2. The quantitative estimate of drug-likeness (QED) is 0.836. The average molecular weight is 314 g/mol. The van der Waals surface area contributed by atoms with Gasteiger partial charge in [-0.15, -0.1) is 0 Å². The molecule has 5 nitrogen and oxygen atoms in total. The third-order valence-corrected chi connectivity index (χ3v) is 5.56. The molecule has 1 N–H and O–H groups in total. The van der Waals surface area contributed by atoms with E-state index in [0.29, 0.717) is 18.3 Å². The second-order valence-corrected chi connectivity index (χ2v) is 7.02. The summed E-state index contributed by atoms with van der Waals surface area (Å²) in [4.78, 5) is 27.7. The highest BCUT2D eigenvalue weighted by Crippen LogP contribution is 2.23. The number of hydrogen-bond donors (Lipinski definition) is 1. The van der Waals surface area contributed by atoms with Gasteiger partial charge >= 0.3 is 5.97 Å². The second-order valence-electron chi connectivity index (χ2n) is 5.87. The van der Waals surface area contributed by atoms with E-state index in [9.17, 15) is 14.7 Å². The zero-order valence-electron chi connectivity index (χ0n) is 12.8. The molecule has 0 bridgehead atoms. The molecule has 2 fully saturated rings. The van der Waals surface area contributed by atoms with Crippen LogP contribution in [0.4, 0.5) is 0 Å². The van der Waals surface area contributed by atoms with Gasteiger partial charge in [-0.25, -0.2) is 0 Å². The molecule has 0 spiro atoms. The first-order valence-corrected chi connectivity index (χ1v) is 9.13. The third-order valence-electron chi connectivity index (χ3n) is 4.54. The molecular formula is C15H26N2O3S. The summed E-state index contributed by atoms with van der Waals surface area (Å²) in [6, 6.07) is -0.156. The lowest BCUT2D eigenvalue weighted by Crippen LogP contribution is -2.53. The number of hydrogen-bond acceptors (Lipinski definition) is 4. The van der Waals surface area contributed by atoms with E-state index in [4.69, 9.17) is 0 Å². The van der Waals surface area contributed by atoms with Gasteiger partial charge in [0.05, 0.1) is 6.54 Å². The molecule has 21 heavy (non-hydrogen) atoms. The van der Waals surface area contributed by atoms with Crippen LogP contribution in [-0.2, 0) is 9.59 Å². The zero-order valence-corrected chi connectivity index (χ0v) is 13.6. The molecule has 1 atom stereocenters. The lowest BCUT2D eigenvalue weighted by atomic mass is 9.94. The number of carboxylic acid groups (broad SMARTS) is 1. The molecule has 120 valence electrons. The Balaban J connectivity index is 1.95. The molecule has 1 aliphatic carbocycles. The fourth-order valence-electron chi connectivity index (χ4n) is 3.35. The molecular weight excluding hydrogens is 288 g/mol. The maximum Gasteiger partial charge on any atom is 0.321 e. The Morgan fingerprint density at radius 3 is 2.62 bits per heavy atom. The first kappa shape index (κ1) is 16.6. The van der Waals surface area contributed by atoms with Crippen LogP contribution in [0.1, 0.15) is 39.0 Å².